The van der Waals surface area contributed by atoms with Gasteiger partial charge in [0.05, 0.1) is 19.9 Å². The number of rotatable bonds is 6. The number of halogens is 2. The molecule has 3 aromatic rings. The Labute approximate surface area is 181 Å². The van der Waals surface area contributed by atoms with E-state index >= 15 is 0 Å². The van der Waals surface area contributed by atoms with Crippen LogP contribution < -0.4 is 5.56 Å². The highest BCUT2D eigenvalue weighted by molar-refractivity contribution is 7.18. The van der Waals surface area contributed by atoms with Crippen LogP contribution in [0.1, 0.15) is 34.5 Å². The average molecular weight is 447 g/mol. The van der Waals surface area contributed by atoms with E-state index in [1.807, 2.05) is 24.3 Å². The number of thiophene rings is 1. The minimum Gasteiger partial charge on any atom is -0.392 e. The fraction of sp³-hybridized carbons (Fsp3) is 0.190. The third-order valence-electron chi connectivity index (χ3n) is 4.63. The summed E-state index contributed by atoms with van der Waals surface area (Å²) in [5.41, 5.74) is 2.31. The molecular formula is C21H16Cl2N2O3S. The van der Waals surface area contributed by atoms with E-state index < -0.39 is 0 Å². The fourth-order valence-electron chi connectivity index (χ4n) is 3.11. The molecule has 2 aromatic heterocycles. The summed E-state index contributed by atoms with van der Waals surface area (Å²) in [7, 11) is 0. The molecule has 0 aliphatic carbocycles. The zero-order chi connectivity index (χ0) is 20.4. The Morgan fingerprint density at radius 1 is 1.14 bits per heavy atom. The van der Waals surface area contributed by atoms with Crippen molar-refractivity contribution in [3.63, 3.8) is 0 Å². The molecule has 1 atom stereocenters. The van der Waals surface area contributed by atoms with Crippen LogP contribution in [0.25, 0.3) is 5.69 Å². The molecule has 0 N–H and O–H groups in total. The summed E-state index contributed by atoms with van der Waals surface area (Å²) in [6.07, 6.45) is 3.08. The third kappa shape index (κ3) is 4.61. The fourth-order valence-corrected chi connectivity index (χ4v) is 4.28. The number of pyridine rings is 1. The molecule has 1 aliphatic rings. The first-order chi connectivity index (χ1) is 14.0. The molecule has 0 fully saturated rings. The summed E-state index contributed by atoms with van der Waals surface area (Å²) in [6.45, 7) is 0. The average Bonchev–Trinajstić information content (AvgIpc) is 3.37. The number of carbonyl (C=O) groups excluding carboxylic acids is 1. The standard InChI is InChI=1S/C21H16Cl2N2O3S/c22-14-3-10-21(27)25(12-14)15-4-1-13(2-5-15)17-11-16(28-24-17)6-7-18(26)19-8-9-20(23)29-19/h1-5,8-10,12,16H,6-7,11H2. The summed E-state index contributed by atoms with van der Waals surface area (Å²) in [5, 5.41) is 4.66. The lowest BCUT2D eigenvalue weighted by molar-refractivity contribution is 0.0720. The van der Waals surface area contributed by atoms with Crippen LogP contribution >= 0.6 is 34.5 Å². The monoisotopic (exact) mass is 446 g/mol. The minimum absolute atomic E-state index is 0.0651. The molecule has 1 aromatic carbocycles. The van der Waals surface area contributed by atoms with E-state index in [1.54, 1.807) is 24.4 Å². The maximum absolute atomic E-state index is 12.2. The smallest absolute Gasteiger partial charge is 0.255 e. The molecule has 1 aliphatic heterocycles. The Balaban J connectivity index is 1.37. The van der Waals surface area contributed by atoms with Crippen molar-refractivity contribution in [2.45, 2.75) is 25.4 Å². The third-order valence-corrected chi connectivity index (χ3v) is 6.12. The van der Waals surface area contributed by atoms with Gasteiger partial charge in [0.1, 0.15) is 6.10 Å². The van der Waals surface area contributed by atoms with E-state index in [2.05, 4.69) is 5.16 Å². The second kappa shape index (κ2) is 8.53. The lowest BCUT2D eigenvalue weighted by Crippen LogP contribution is -2.16. The van der Waals surface area contributed by atoms with Crippen LogP contribution in [0.2, 0.25) is 9.36 Å². The van der Waals surface area contributed by atoms with Crippen molar-refractivity contribution in [1.82, 2.24) is 4.57 Å². The van der Waals surface area contributed by atoms with Crippen molar-refractivity contribution in [3.05, 3.63) is 84.9 Å². The molecule has 0 saturated carbocycles. The van der Waals surface area contributed by atoms with Gasteiger partial charge in [-0.2, -0.15) is 0 Å². The van der Waals surface area contributed by atoms with Gasteiger partial charge in [0.25, 0.3) is 5.56 Å². The van der Waals surface area contributed by atoms with E-state index in [9.17, 15) is 9.59 Å². The Morgan fingerprint density at radius 2 is 1.93 bits per heavy atom. The SMILES string of the molecule is O=C(CCC1CC(c2ccc(-n3cc(Cl)ccc3=O)cc2)=NO1)c1ccc(Cl)s1. The van der Waals surface area contributed by atoms with Crippen LogP contribution in [-0.2, 0) is 4.84 Å². The van der Waals surface area contributed by atoms with Crippen molar-refractivity contribution in [1.29, 1.82) is 0 Å². The van der Waals surface area contributed by atoms with Crippen LogP contribution in [0.15, 0.2) is 64.7 Å². The maximum Gasteiger partial charge on any atom is 0.255 e. The normalized spacial score (nSPS) is 15.8. The van der Waals surface area contributed by atoms with Crippen LogP contribution in [0, 0.1) is 0 Å². The van der Waals surface area contributed by atoms with E-state index in [0.717, 1.165) is 17.0 Å². The molecule has 3 heterocycles. The van der Waals surface area contributed by atoms with Crippen molar-refractivity contribution in [2.24, 2.45) is 5.16 Å². The number of hydrogen-bond donors (Lipinski definition) is 0. The highest BCUT2D eigenvalue weighted by Crippen LogP contribution is 2.25. The molecule has 0 bridgehead atoms. The van der Waals surface area contributed by atoms with Gasteiger partial charge in [-0.3, -0.25) is 14.2 Å². The van der Waals surface area contributed by atoms with Crippen LogP contribution in [0.5, 0.6) is 0 Å². The number of nitrogens with zero attached hydrogens (tertiary/aromatic N) is 2. The number of benzene rings is 1. The molecule has 148 valence electrons. The van der Waals surface area contributed by atoms with Gasteiger partial charge < -0.3 is 4.84 Å². The number of aromatic nitrogens is 1. The van der Waals surface area contributed by atoms with E-state index in [0.29, 0.717) is 33.5 Å². The first-order valence-electron chi connectivity index (χ1n) is 9.00. The zero-order valence-corrected chi connectivity index (χ0v) is 17.5. The molecule has 0 saturated heterocycles. The Bertz CT molecular complexity index is 1140. The van der Waals surface area contributed by atoms with Crippen molar-refractivity contribution in [3.8, 4) is 5.69 Å². The van der Waals surface area contributed by atoms with E-state index in [1.165, 1.54) is 22.0 Å². The Kier molecular flexibility index (Phi) is 5.85. The first kappa shape index (κ1) is 19.9. The van der Waals surface area contributed by atoms with Crippen LogP contribution in [-0.4, -0.2) is 22.2 Å². The van der Waals surface area contributed by atoms with Gasteiger partial charge in [0.2, 0.25) is 0 Å². The highest BCUT2D eigenvalue weighted by Gasteiger charge is 2.23. The maximum atomic E-state index is 12.2. The summed E-state index contributed by atoms with van der Waals surface area (Å²) in [4.78, 5) is 30.4. The summed E-state index contributed by atoms with van der Waals surface area (Å²) >= 11 is 13.2. The number of hydrogen-bond acceptors (Lipinski definition) is 5. The quantitative estimate of drug-likeness (QED) is 0.478. The van der Waals surface area contributed by atoms with Gasteiger partial charge in [-0.15, -0.1) is 11.3 Å². The van der Waals surface area contributed by atoms with Gasteiger partial charge in [-0.05, 0) is 42.3 Å². The second-order valence-electron chi connectivity index (χ2n) is 6.64. The van der Waals surface area contributed by atoms with Gasteiger partial charge >= 0.3 is 0 Å². The topological polar surface area (TPSA) is 60.7 Å². The molecule has 0 amide bonds. The largest absolute Gasteiger partial charge is 0.392 e. The number of oxime groups is 1. The highest BCUT2D eigenvalue weighted by atomic mass is 35.5. The van der Waals surface area contributed by atoms with E-state index in [-0.39, 0.29) is 17.4 Å². The molecular weight excluding hydrogens is 431 g/mol. The molecule has 0 spiro atoms. The molecule has 29 heavy (non-hydrogen) atoms. The van der Waals surface area contributed by atoms with Gasteiger partial charge in [-0.1, -0.05) is 40.5 Å². The van der Waals surface area contributed by atoms with Crippen LogP contribution in [0.4, 0.5) is 0 Å². The Hall–Kier alpha value is -2.41. The first-order valence-corrected chi connectivity index (χ1v) is 10.6. The predicted molar refractivity (Wildman–Crippen MR) is 116 cm³/mol. The summed E-state index contributed by atoms with van der Waals surface area (Å²) < 4.78 is 2.10. The van der Waals surface area contributed by atoms with Gasteiger partial charge in [-0.25, -0.2) is 0 Å². The molecule has 1 unspecified atom stereocenters. The zero-order valence-electron chi connectivity index (χ0n) is 15.2. The molecule has 8 heteroatoms. The van der Waals surface area contributed by atoms with Crippen molar-refractivity contribution in [2.75, 3.05) is 0 Å². The van der Waals surface area contributed by atoms with Gasteiger partial charge in [0.15, 0.2) is 5.78 Å². The lowest BCUT2D eigenvalue weighted by atomic mass is 10.0. The predicted octanol–water partition coefficient (Wildman–Crippen LogP) is 5.36. The van der Waals surface area contributed by atoms with Crippen LogP contribution in [0.3, 0.4) is 0 Å². The van der Waals surface area contributed by atoms with Crippen molar-refractivity contribution >= 4 is 46.0 Å². The number of ketones is 1. The molecule has 0 radical (unpaired) electrons. The lowest BCUT2D eigenvalue weighted by Gasteiger charge is -2.08. The Morgan fingerprint density at radius 3 is 2.66 bits per heavy atom. The molecule has 5 nitrogen and oxygen atoms in total. The number of carbonyl (C=O) groups is 1. The minimum atomic E-state index is -0.152. The van der Waals surface area contributed by atoms with E-state index in [4.69, 9.17) is 28.0 Å². The second-order valence-corrected chi connectivity index (χ2v) is 8.79. The summed E-state index contributed by atoms with van der Waals surface area (Å²) in [5.74, 6) is 0.0651. The van der Waals surface area contributed by atoms with Gasteiger partial charge in [0, 0.05) is 30.8 Å². The van der Waals surface area contributed by atoms with Crippen molar-refractivity contribution < 1.29 is 9.63 Å². The molecule has 4 rings (SSSR count). The summed E-state index contributed by atoms with van der Waals surface area (Å²) in [6, 6.07) is 13.9. The number of Topliss-reactive ketones (excluding diaryl/α,β-unsaturated/α-hetero) is 1.